The van der Waals surface area contributed by atoms with Crippen LogP contribution >= 0.6 is 15.9 Å². The van der Waals surface area contributed by atoms with E-state index < -0.39 is 24.3 Å². The average molecular weight is 303 g/mol. The zero-order valence-electron chi connectivity index (χ0n) is 9.01. The fraction of sp³-hybridized carbons (Fsp3) is 0.273. The Hall–Kier alpha value is -1.40. The van der Waals surface area contributed by atoms with E-state index in [1.165, 1.54) is 12.1 Å². The number of Topliss-reactive ketones (excluding diaryl/α,β-unsaturated/α-hetero) is 1. The molecule has 0 aliphatic heterocycles. The number of esters is 1. The fourth-order valence-electron chi connectivity index (χ4n) is 1.24. The van der Waals surface area contributed by atoms with Crippen molar-refractivity contribution >= 4 is 27.7 Å². The molecule has 2 N–H and O–H groups in total. The third-order valence-electron chi connectivity index (χ3n) is 2.11. The summed E-state index contributed by atoms with van der Waals surface area (Å²) in [6, 6.07) is 4.34. The lowest BCUT2D eigenvalue weighted by Gasteiger charge is -2.08. The number of benzene rings is 1. The molecule has 1 rings (SSSR count). The molecule has 5 nitrogen and oxygen atoms in total. The highest BCUT2D eigenvalue weighted by molar-refractivity contribution is 9.10. The number of phenolic OH excluding ortho intramolecular Hbond substituents is 1. The first-order valence-electron chi connectivity index (χ1n) is 4.73. The first kappa shape index (κ1) is 13.7. The second-order valence-electron chi connectivity index (χ2n) is 3.33. The van der Waals surface area contributed by atoms with E-state index in [0.717, 1.165) is 7.11 Å². The van der Waals surface area contributed by atoms with Crippen LogP contribution in [-0.2, 0) is 9.53 Å². The summed E-state index contributed by atoms with van der Waals surface area (Å²) in [6.45, 7) is 0. The molecule has 1 aromatic rings. The smallest absolute Gasteiger partial charge is 0.335 e. The molecule has 1 aromatic carbocycles. The Morgan fingerprint density at radius 2 is 2.12 bits per heavy atom. The number of aromatic hydroxyl groups is 1. The maximum absolute atomic E-state index is 11.7. The summed E-state index contributed by atoms with van der Waals surface area (Å²) in [5.74, 6) is -1.62. The molecule has 0 unspecified atom stereocenters. The molecule has 1 atom stereocenters. The number of carbonyl (C=O) groups is 2. The molecule has 0 spiro atoms. The Labute approximate surface area is 106 Å². The Balaban J connectivity index is 2.83. The Morgan fingerprint density at radius 3 is 2.71 bits per heavy atom. The predicted molar refractivity (Wildman–Crippen MR) is 62.8 cm³/mol. The largest absolute Gasteiger partial charge is 0.507 e. The molecule has 6 heteroatoms. The van der Waals surface area contributed by atoms with Gasteiger partial charge in [0.2, 0.25) is 0 Å². The lowest BCUT2D eigenvalue weighted by Crippen LogP contribution is -2.25. The normalized spacial score (nSPS) is 11.9. The first-order valence-corrected chi connectivity index (χ1v) is 5.52. The van der Waals surface area contributed by atoms with Gasteiger partial charge in [0.05, 0.1) is 12.7 Å². The molecule has 0 amide bonds. The number of hydrogen-bond acceptors (Lipinski definition) is 5. The molecule has 17 heavy (non-hydrogen) atoms. The molecule has 0 heterocycles. The molecule has 0 fully saturated rings. The number of ether oxygens (including phenoxy) is 1. The summed E-state index contributed by atoms with van der Waals surface area (Å²) in [6.07, 6.45) is -1.96. The topological polar surface area (TPSA) is 83.8 Å². The maximum atomic E-state index is 11.7. The van der Waals surface area contributed by atoms with Gasteiger partial charge in [-0.2, -0.15) is 0 Å². The predicted octanol–water partition coefficient (Wildman–Crippen LogP) is 1.26. The maximum Gasteiger partial charge on any atom is 0.335 e. The van der Waals surface area contributed by atoms with Gasteiger partial charge in [0.1, 0.15) is 5.75 Å². The van der Waals surface area contributed by atoms with Gasteiger partial charge in [-0.05, 0) is 18.2 Å². The van der Waals surface area contributed by atoms with Crippen LogP contribution in [0.5, 0.6) is 5.75 Å². The number of halogens is 1. The minimum Gasteiger partial charge on any atom is -0.507 e. The van der Waals surface area contributed by atoms with Crippen molar-refractivity contribution < 1.29 is 24.5 Å². The lowest BCUT2D eigenvalue weighted by atomic mass is 10.0. The highest BCUT2D eigenvalue weighted by Crippen LogP contribution is 2.23. The summed E-state index contributed by atoms with van der Waals surface area (Å²) >= 11 is 3.16. The van der Waals surface area contributed by atoms with E-state index in [9.17, 15) is 19.8 Å². The fourth-order valence-corrected chi connectivity index (χ4v) is 1.60. The van der Waals surface area contributed by atoms with Crippen molar-refractivity contribution in [3.8, 4) is 5.75 Å². The summed E-state index contributed by atoms with van der Waals surface area (Å²) in [4.78, 5) is 22.6. The second kappa shape index (κ2) is 5.79. The average Bonchev–Trinajstić information content (AvgIpc) is 2.30. The van der Waals surface area contributed by atoms with E-state index in [1.54, 1.807) is 6.07 Å². The van der Waals surface area contributed by atoms with Crippen molar-refractivity contribution in [1.29, 1.82) is 0 Å². The molecule has 0 bridgehead atoms. The van der Waals surface area contributed by atoms with Crippen molar-refractivity contribution in [2.24, 2.45) is 0 Å². The molecular weight excluding hydrogens is 292 g/mol. The van der Waals surface area contributed by atoms with Crippen LogP contribution in [0.1, 0.15) is 16.8 Å². The molecule has 0 aliphatic rings. The van der Waals surface area contributed by atoms with Gasteiger partial charge in [-0.15, -0.1) is 0 Å². The third kappa shape index (κ3) is 3.54. The molecular formula is C11H11BrO5. The molecule has 92 valence electrons. The zero-order valence-corrected chi connectivity index (χ0v) is 10.6. The standard InChI is InChI=1S/C11H11BrO5/c1-17-11(16)10(15)5-9(14)7-4-6(12)2-3-8(7)13/h2-4,10,13,15H,5H2,1H3/t10-/m0/s1. The number of methoxy groups -OCH3 is 1. The van der Waals surface area contributed by atoms with E-state index in [2.05, 4.69) is 20.7 Å². The number of phenols is 1. The van der Waals surface area contributed by atoms with Crippen LogP contribution in [0, 0.1) is 0 Å². The van der Waals surface area contributed by atoms with Crippen LogP contribution < -0.4 is 0 Å². The Bertz CT molecular complexity index is 443. The van der Waals surface area contributed by atoms with Gasteiger partial charge in [-0.3, -0.25) is 4.79 Å². The van der Waals surface area contributed by atoms with E-state index in [4.69, 9.17) is 0 Å². The minimum absolute atomic E-state index is 0.0438. The van der Waals surface area contributed by atoms with E-state index >= 15 is 0 Å². The van der Waals surface area contributed by atoms with Gasteiger partial charge in [-0.25, -0.2) is 4.79 Å². The van der Waals surface area contributed by atoms with Crippen LogP contribution in [0.4, 0.5) is 0 Å². The second-order valence-corrected chi connectivity index (χ2v) is 4.24. The van der Waals surface area contributed by atoms with Crippen LogP contribution in [0.25, 0.3) is 0 Å². The van der Waals surface area contributed by atoms with Crippen molar-refractivity contribution in [3.63, 3.8) is 0 Å². The van der Waals surface area contributed by atoms with Crippen molar-refractivity contribution in [3.05, 3.63) is 28.2 Å². The lowest BCUT2D eigenvalue weighted by molar-refractivity contribution is -0.150. The quantitative estimate of drug-likeness (QED) is 0.646. The zero-order chi connectivity index (χ0) is 13.0. The van der Waals surface area contributed by atoms with Gasteiger partial charge in [0.25, 0.3) is 0 Å². The molecule has 0 aromatic heterocycles. The van der Waals surface area contributed by atoms with Gasteiger partial charge < -0.3 is 14.9 Å². The summed E-state index contributed by atoms with van der Waals surface area (Å²) in [5.41, 5.74) is 0.0438. The van der Waals surface area contributed by atoms with Crippen molar-refractivity contribution in [2.75, 3.05) is 7.11 Å². The van der Waals surface area contributed by atoms with Crippen LogP contribution in [0.2, 0.25) is 0 Å². The number of rotatable bonds is 4. The van der Waals surface area contributed by atoms with Crippen LogP contribution in [0.3, 0.4) is 0 Å². The first-order chi connectivity index (χ1) is 7.95. The number of carbonyl (C=O) groups excluding carboxylic acids is 2. The van der Waals surface area contributed by atoms with Gasteiger partial charge in [0, 0.05) is 10.9 Å². The van der Waals surface area contributed by atoms with Crippen LogP contribution in [-0.4, -0.2) is 35.2 Å². The van der Waals surface area contributed by atoms with E-state index in [-0.39, 0.29) is 11.3 Å². The van der Waals surface area contributed by atoms with Gasteiger partial charge >= 0.3 is 5.97 Å². The van der Waals surface area contributed by atoms with Gasteiger partial charge in [-0.1, -0.05) is 15.9 Å². The van der Waals surface area contributed by atoms with E-state index in [1.807, 2.05) is 0 Å². The highest BCUT2D eigenvalue weighted by Gasteiger charge is 2.22. The van der Waals surface area contributed by atoms with Gasteiger partial charge in [0.15, 0.2) is 11.9 Å². The Morgan fingerprint density at radius 1 is 1.47 bits per heavy atom. The number of aliphatic hydroxyl groups excluding tert-OH is 1. The molecule has 0 aliphatic carbocycles. The third-order valence-corrected chi connectivity index (χ3v) is 2.60. The Kier molecular flexibility index (Phi) is 4.65. The molecule has 0 saturated heterocycles. The minimum atomic E-state index is -1.52. The van der Waals surface area contributed by atoms with E-state index in [0.29, 0.717) is 4.47 Å². The molecule has 0 saturated carbocycles. The number of ketones is 1. The highest BCUT2D eigenvalue weighted by atomic mass is 79.9. The van der Waals surface area contributed by atoms with Crippen LogP contribution in [0.15, 0.2) is 22.7 Å². The summed E-state index contributed by atoms with van der Waals surface area (Å²) < 4.78 is 4.91. The monoisotopic (exact) mass is 302 g/mol. The van der Waals surface area contributed by atoms with Crippen molar-refractivity contribution in [1.82, 2.24) is 0 Å². The molecule has 0 radical (unpaired) electrons. The van der Waals surface area contributed by atoms with Crippen molar-refractivity contribution in [2.45, 2.75) is 12.5 Å². The number of aliphatic hydroxyl groups is 1. The number of hydrogen-bond donors (Lipinski definition) is 2. The summed E-state index contributed by atoms with van der Waals surface area (Å²) in [5, 5.41) is 18.8. The summed E-state index contributed by atoms with van der Waals surface area (Å²) in [7, 11) is 1.12. The SMILES string of the molecule is COC(=O)[C@@H](O)CC(=O)c1cc(Br)ccc1O.